The van der Waals surface area contributed by atoms with Crippen LogP contribution in [0.25, 0.3) is 6.08 Å². The summed E-state index contributed by atoms with van der Waals surface area (Å²) in [5, 5.41) is 9.82. The number of hydrogen-bond acceptors (Lipinski definition) is 1. The Balaban J connectivity index is 2.38. The summed E-state index contributed by atoms with van der Waals surface area (Å²) in [6.07, 6.45) is 10.5. The Bertz CT molecular complexity index is 341. The average molecular weight is 232 g/mol. The van der Waals surface area contributed by atoms with Crippen LogP contribution >= 0.6 is 0 Å². The second-order valence-electron chi connectivity index (χ2n) is 4.57. The molecule has 94 valence electrons. The number of rotatable bonds is 8. The second-order valence-corrected chi connectivity index (χ2v) is 4.57. The number of phenolic OH excluding ortho intramolecular Hbond substituents is 1. The van der Waals surface area contributed by atoms with Gasteiger partial charge in [-0.1, -0.05) is 63.8 Å². The van der Waals surface area contributed by atoms with Crippen molar-refractivity contribution in [3.8, 4) is 5.75 Å². The van der Waals surface area contributed by atoms with Crippen LogP contribution in [-0.2, 0) is 6.42 Å². The van der Waals surface area contributed by atoms with Crippen molar-refractivity contribution in [1.29, 1.82) is 0 Å². The van der Waals surface area contributed by atoms with E-state index in [1.807, 2.05) is 18.2 Å². The van der Waals surface area contributed by atoms with Gasteiger partial charge in [0.25, 0.3) is 0 Å². The van der Waals surface area contributed by atoms with E-state index in [4.69, 9.17) is 0 Å². The Labute approximate surface area is 105 Å². The lowest BCUT2D eigenvalue weighted by Crippen LogP contribution is -1.91. The molecule has 1 rings (SSSR count). The van der Waals surface area contributed by atoms with Crippen LogP contribution in [0, 0.1) is 0 Å². The van der Waals surface area contributed by atoms with E-state index in [1.54, 1.807) is 6.07 Å². The van der Waals surface area contributed by atoms with Crippen LogP contribution in [0.4, 0.5) is 0 Å². The molecule has 1 N–H and O–H groups in total. The lowest BCUT2D eigenvalue weighted by Gasteiger charge is -2.08. The summed E-state index contributed by atoms with van der Waals surface area (Å²) in [6.45, 7) is 6.02. The fourth-order valence-electron chi connectivity index (χ4n) is 2.14. The summed E-state index contributed by atoms with van der Waals surface area (Å²) >= 11 is 0. The predicted molar refractivity (Wildman–Crippen MR) is 75.3 cm³/mol. The molecule has 0 bridgehead atoms. The molecule has 1 aromatic carbocycles. The molecule has 17 heavy (non-hydrogen) atoms. The van der Waals surface area contributed by atoms with Crippen LogP contribution in [0.2, 0.25) is 0 Å². The minimum absolute atomic E-state index is 0.413. The van der Waals surface area contributed by atoms with E-state index >= 15 is 0 Å². The highest BCUT2D eigenvalue weighted by Crippen LogP contribution is 2.24. The fraction of sp³-hybridized carbons (Fsp3) is 0.500. The smallest absolute Gasteiger partial charge is 0.119 e. The maximum Gasteiger partial charge on any atom is 0.119 e. The first-order valence-corrected chi connectivity index (χ1v) is 6.73. The highest BCUT2D eigenvalue weighted by molar-refractivity contribution is 5.56. The van der Waals surface area contributed by atoms with Crippen molar-refractivity contribution >= 4 is 6.08 Å². The first-order chi connectivity index (χ1) is 8.29. The normalized spacial score (nSPS) is 10.4. The molecule has 0 aromatic heterocycles. The summed E-state index contributed by atoms with van der Waals surface area (Å²) in [5.74, 6) is 0.413. The van der Waals surface area contributed by atoms with Gasteiger partial charge in [0.1, 0.15) is 5.75 Å². The van der Waals surface area contributed by atoms with E-state index in [0.717, 1.165) is 24.0 Å². The lowest BCUT2D eigenvalue weighted by molar-refractivity contribution is 0.465. The van der Waals surface area contributed by atoms with Crippen LogP contribution in [0.15, 0.2) is 24.8 Å². The monoisotopic (exact) mass is 232 g/mol. The van der Waals surface area contributed by atoms with Gasteiger partial charge in [-0.2, -0.15) is 0 Å². The van der Waals surface area contributed by atoms with Gasteiger partial charge in [-0.3, -0.25) is 0 Å². The predicted octanol–water partition coefficient (Wildman–Crippen LogP) is 4.94. The molecule has 1 aromatic rings. The Morgan fingerprint density at radius 1 is 1.12 bits per heavy atom. The summed E-state index contributed by atoms with van der Waals surface area (Å²) < 4.78 is 0. The molecule has 0 fully saturated rings. The largest absolute Gasteiger partial charge is 0.508 e. The summed E-state index contributed by atoms with van der Waals surface area (Å²) in [7, 11) is 0. The van der Waals surface area contributed by atoms with Gasteiger partial charge in [-0.05, 0) is 24.5 Å². The van der Waals surface area contributed by atoms with Gasteiger partial charge in [0.2, 0.25) is 0 Å². The molecular weight excluding hydrogens is 208 g/mol. The van der Waals surface area contributed by atoms with Crippen molar-refractivity contribution in [2.24, 2.45) is 0 Å². The molecule has 0 saturated carbocycles. The summed E-state index contributed by atoms with van der Waals surface area (Å²) in [5.41, 5.74) is 2.12. The molecule has 0 spiro atoms. The van der Waals surface area contributed by atoms with E-state index in [1.165, 1.54) is 32.1 Å². The number of aromatic hydroxyl groups is 1. The van der Waals surface area contributed by atoms with Crippen LogP contribution < -0.4 is 0 Å². The van der Waals surface area contributed by atoms with Gasteiger partial charge in [0.15, 0.2) is 0 Å². The molecule has 0 atom stereocenters. The zero-order chi connectivity index (χ0) is 12.5. The highest BCUT2D eigenvalue weighted by atomic mass is 16.3. The minimum Gasteiger partial charge on any atom is -0.508 e. The standard InChI is InChI=1S/C16H24O/c1-3-5-6-7-8-9-12-15-14(4-2)11-10-13-16(15)17/h4,10-11,13,17H,2-3,5-9,12H2,1H3. The van der Waals surface area contributed by atoms with E-state index in [2.05, 4.69) is 13.5 Å². The maximum absolute atomic E-state index is 9.82. The fourth-order valence-corrected chi connectivity index (χ4v) is 2.14. The van der Waals surface area contributed by atoms with E-state index < -0.39 is 0 Å². The molecule has 0 unspecified atom stereocenters. The zero-order valence-electron chi connectivity index (χ0n) is 10.9. The topological polar surface area (TPSA) is 20.2 Å². The third-order valence-electron chi connectivity index (χ3n) is 3.19. The van der Waals surface area contributed by atoms with Crippen LogP contribution in [-0.4, -0.2) is 5.11 Å². The van der Waals surface area contributed by atoms with E-state index in [-0.39, 0.29) is 0 Å². The zero-order valence-corrected chi connectivity index (χ0v) is 10.9. The molecule has 0 aliphatic rings. The van der Waals surface area contributed by atoms with E-state index in [9.17, 15) is 5.11 Å². The quantitative estimate of drug-likeness (QED) is 0.629. The third-order valence-corrected chi connectivity index (χ3v) is 3.19. The minimum atomic E-state index is 0.413. The van der Waals surface area contributed by atoms with Crippen LogP contribution in [0.1, 0.15) is 56.6 Å². The molecule has 0 radical (unpaired) electrons. The van der Waals surface area contributed by atoms with Crippen molar-refractivity contribution in [3.63, 3.8) is 0 Å². The van der Waals surface area contributed by atoms with Gasteiger partial charge < -0.3 is 5.11 Å². The maximum atomic E-state index is 9.82. The summed E-state index contributed by atoms with van der Waals surface area (Å²) in [6, 6.07) is 5.65. The van der Waals surface area contributed by atoms with Crippen molar-refractivity contribution in [3.05, 3.63) is 35.9 Å². The van der Waals surface area contributed by atoms with Crippen molar-refractivity contribution in [1.82, 2.24) is 0 Å². The third kappa shape index (κ3) is 4.64. The van der Waals surface area contributed by atoms with Gasteiger partial charge in [-0.15, -0.1) is 0 Å². The molecular formula is C16H24O. The Hall–Kier alpha value is -1.24. The first-order valence-electron chi connectivity index (χ1n) is 6.73. The second kappa shape index (κ2) is 7.94. The Morgan fingerprint density at radius 3 is 2.53 bits per heavy atom. The highest BCUT2D eigenvalue weighted by Gasteiger charge is 2.04. The number of hydrogen-bond donors (Lipinski definition) is 1. The number of benzene rings is 1. The number of phenols is 1. The Kier molecular flexibility index (Phi) is 6.46. The van der Waals surface area contributed by atoms with Gasteiger partial charge in [0.05, 0.1) is 0 Å². The SMILES string of the molecule is C=Cc1cccc(O)c1CCCCCCCC. The van der Waals surface area contributed by atoms with Gasteiger partial charge >= 0.3 is 0 Å². The van der Waals surface area contributed by atoms with Gasteiger partial charge in [0, 0.05) is 5.56 Å². The average Bonchev–Trinajstić information content (AvgIpc) is 2.35. The first kappa shape index (κ1) is 13.8. The van der Waals surface area contributed by atoms with Crippen LogP contribution in [0.5, 0.6) is 5.75 Å². The van der Waals surface area contributed by atoms with Crippen molar-refractivity contribution in [2.75, 3.05) is 0 Å². The molecule has 0 amide bonds. The molecule has 0 saturated heterocycles. The Morgan fingerprint density at radius 2 is 1.82 bits per heavy atom. The molecule has 1 nitrogen and oxygen atoms in total. The number of unbranched alkanes of at least 4 members (excludes halogenated alkanes) is 5. The molecule has 0 aliphatic heterocycles. The lowest BCUT2D eigenvalue weighted by atomic mass is 9.99. The summed E-state index contributed by atoms with van der Waals surface area (Å²) in [4.78, 5) is 0. The van der Waals surface area contributed by atoms with Crippen LogP contribution in [0.3, 0.4) is 0 Å². The van der Waals surface area contributed by atoms with Crippen molar-refractivity contribution in [2.45, 2.75) is 51.9 Å². The molecule has 0 aliphatic carbocycles. The molecule has 0 heterocycles. The van der Waals surface area contributed by atoms with Crippen molar-refractivity contribution < 1.29 is 5.11 Å². The van der Waals surface area contributed by atoms with Gasteiger partial charge in [-0.25, -0.2) is 0 Å². The molecule has 1 heteroatoms. The van der Waals surface area contributed by atoms with E-state index in [0.29, 0.717) is 5.75 Å².